The number of allylic oxidation sites excluding steroid dienone is 1. The lowest BCUT2D eigenvalue weighted by molar-refractivity contribution is -0.0176. The highest BCUT2D eigenvalue weighted by Gasteiger charge is 2.50. The van der Waals surface area contributed by atoms with Crippen LogP contribution in [0.1, 0.15) is 59.4 Å². The van der Waals surface area contributed by atoms with Gasteiger partial charge in [0.25, 0.3) is 0 Å². The van der Waals surface area contributed by atoms with Crippen molar-refractivity contribution in [2.45, 2.75) is 65.5 Å². The number of halogens is 1. The highest BCUT2D eigenvalue weighted by Crippen LogP contribution is 2.47. The molecule has 26 heavy (non-hydrogen) atoms. The molecule has 0 spiro atoms. The number of benzene rings is 1. The van der Waals surface area contributed by atoms with Gasteiger partial charge in [-0.2, -0.15) is 0 Å². The van der Waals surface area contributed by atoms with E-state index in [0.29, 0.717) is 12.0 Å². The Morgan fingerprint density at radius 2 is 1.92 bits per heavy atom. The molecular formula is C23H37ClN2. The Bertz CT molecular complexity index is 568. The highest BCUT2D eigenvalue weighted by atomic mass is 35.5. The van der Waals surface area contributed by atoms with Crippen LogP contribution < -0.4 is 5.32 Å². The topological polar surface area (TPSA) is 15.3 Å². The molecule has 0 radical (unpaired) electrons. The summed E-state index contributed by atoms with van der Waals surface area (Å²) >= 11 is 6.23. The summed E-state index contributed by atoms with van der Waals surface area (Å²) < 4.78 is 0. The second-order valence-electron chi connectivity index (χ2n) is 7.86. The summed E-state index contributed by atoms with van der Waals surface area (Å²) in [4.78, 5) is 2.71. The summed E-state index contributed by atoms with van der Waals surface area (Å²) in [6.45, 7) is 14.6. The summed E-state index contributed by atoms with van der Waals surface area (Å²) in [5, 5.41) is 4.70. The molecule has 0 heterocycles. The molecule has 1 saturated carbocycles. The van der Waals surface area contributed by atoms with Crippen LogP contribution in [0.25, 0.3) is 0 Å². The summed E-state index contributed by atoms with van der Waals surface area (Å²) in [6.07, 6.45) is 8.10. The van der Waals surface area contributed by atoms with E-state index in [4.69, 9.17) is 11.6 Å². The molecule has 2 rings (SSSR count). The zero-order valence-electron chi connectivity index (χ0n) is 17.3. The molecule has 3 heteroatoms. The monoisotopic (exact) mass is 376 g/mol. The van der Waals surface area contributed by atoms with Crippen molar-refractivity contribution in [3.8, 4) is 0 Å². The van der Waals surface area contributed by atoms with Crippen LogP contribution in [0.5, 0.6) is 0 Å². The first-order valence-electron chi connectivity index (χ1n) is 10.4. The Kier molecular flexibility index (Phi) is 8.19. The third kappa shape index (κ3) is 4.35. The Morgan fingerprint density at radius 1 is 1.23 bits per heavy atom. The van der Waals surface area contributed by atoms with Gasteiger partial charge in [-0.1, -0.05) is 63.6 Å². The molecule has 0 saturated heterocycles. The van der Waals surface area contributed by atoms with Gasteiger partial charge in [-0.25, -0.2) is 0 Å². The maximum absolute atomic E-state index is 6.23. The lowest BCUT2D eigenvalue weighted by atomic mass is 9.63. The van der Waals surface area contributed by atoms with E-state index >= 15 is 0 Å². The van der Waals surface area contributed by atoms with Gasteiger partial charge < -0.3 is 5.32 Å². The van der Waals surface area contributed by atoms with Crippen LogP contribution in [-0.2, 0) is 5.54 Å². The van der Waals surface area contributed by atoms with Gasteiger partial charge in [-0.3, -0.25) is 4.90 Å². The van der Waals surface area contributed by atoms with Crippen LogP contribution in [0.15, 0.2) is 36.4 Å². The summed E-state index contributed by atoms with van der Waals surface area (Å²) in [5.74, 6) is 1.37. The van der Waals surface area contributed by atoms with E-state index in [1.54, 1.807) is 0 Å². The van der Waals surface area contributed by atoms with Gasteiger partial charge >= 0.3 is 0 Å². The van der Waals surface area contributed by atoms with E-state index in [0.717, 1.165) is 37.0 Å². The van der Waals surface area contributed by atoms with Gasteiger partial charge in [0.1, 0.15) is 0 Å². The number of rotatable bonds is 8. The van der Waals surface area contributed by atoms with E-state index in [9.17, 15) is 0 Å². The smallest absolute Gasteiger partial charge is 0.0620 e. The molecule has 4 unspecified atom stereocenters. The second-order valence-corrected chi connectivity index (χ2v) is 8.29. The first kappa shape index (κ1) is 21.5. The Balaban J connectivity index is 2.59. The standard InChI is InChI=1S/C23H37ClN2/c1-6-9-17-26(16-7-2)23(20-10-12-21(24)13-11-20)15-14-18(4)19(5)22(23)25-8-3/h6,9-13,18-19,22,25H,7-8,14-17H2,1-5H3. The van der Waals surface area contributed by atoms with Crippen molar-refractivity contribution < 1.29 is 0 Å². The van der Waals surface area contributed by atoms with E-state index in [1.165, 1.54) is 18.4 Å². The molecule has 0 aromatic heterocycles. The van der Waals surface area contributed by atoms with Crippen molar-refractivity contribution in [2.75, 3.05) is 19.6 Å². The molecule has 0 bridgehead atoms. The fraction of sp³-hybridized carbons (Fsp3) is 0.652. The third-order valence-corrected chi connectivity index (χ3v) is 6.56. The van der Waals surface area contributed by atoms with Gasteiger partial charge in [-0.05, 0) is 68.8 Å². The van der Waals surface area contributed by atoms with Gasteiger partial charge in [0, 0.05) is 17.6 Å². The lowest BCUT2D eigenvalue weighted by Crippen LogP contribution is -2.64. The van der Waals surface area contributed by atoms with Crippen molar-refractivity contribution in [3.05, 3.63) is 47.0 Å². The minimum Gasteiger partial charge on any atom is -0.312 e. The minimum absolute atomic E-state index is 0.0159. The van der Waals surface area contributed by atoms with Gasteiger partial charge in [0.05, 0.1) is 5.54 Å². The molecular weight excluding hydrogens is 340 g/mol. The molecule has 1 aliphatic rings. The fourth-order valence-corrected chi connectivity index (χ4v) is 4.89. The third-order valence-electron chi connectivity index (χ3n) is 6.31. The van der Waals surface area contributed by atoms with Crippen LogP contribution in [0.4, 0.5) is 0 Å². The number of hydrogen-bond acceptors (Lipinski definition) is 2. The first-order chi connectivity index (χ1) is 12.5. The van der Waals surface area contributed by atoms with Crippen molar-refractivity contribution >= 4 is 11.6 Å². The number of hydrogen-bond donors (Lipinski definition) is 1. The Labute approximate surface area is 166 Å². The molecule has 2 nitrogen and oxygen atoms in total. The SMILES string of the molecule is CC=CCN(CCC)C1(c2ccc(Cl)cc2)CCC(C)C(C)C1NCC. The quantitative estimate of drug-likeness (QED) is 0.571. The van der Waals surface area contributed by atoms with E-state index < -0.39 is 0 Å². The molecule has 146 valence electrons. The minimum atomic E-state index is 0.0159. The average Bonchev–Trinajstić information content (AvgIpc) is 2.64. The molecule has 1 aromatic rings. The van der Waals surface area contributed by atoms with Crippen molar-refractivity contribution in [2.24, 2.45) is 11.8 Å². The average molecular weight is 377 g/mol. The normalized spacial score (nSPS) is 29.6. The van der Waals surface area contributed by atoms with Gasteiger partial charge in [0.2, 0.25) is 0 Å². The predicted octanol–water partition coefficient (Wildman–Crippen LogP) is 5.87. The van der Waals surface area contributed by atoms with Crippen molar-refractivity contribution in [3.63, 3.8) is 0 Å². The van der Waals surface area contributed by atoms with Crippen LogP contribution in [0.3, 0.4) is 0 Å². The van der Waals surface area contributed by atoms with Crippen LogP contribution in [0, 0.1) is 11.8 Å². The molecule has 1 aromatic carbocycles. The predicted molar refractivity (Wildman–Crippen MR) is 115 cm³/mol. The van der Waals surface area contributed by atoms with E-state index in [-0.39, 0.29) is 5.54 Å². The highest BCUT2D eigenvalue weighted by molar-refractivity contribution is 6.30. The zero-order valence-corrected chi connectivity index (χ0v) is 18.0. The van der Waals surface area contributed by atoms with E-state index in [2.05, 4.69) is 81.3 Å². The molecule has 4 atom stereocenters. The maximum Gasteiger partial charge on any atom is 0.0620 e. The second kappa shape index (κ2) is 9.92. The van der Waals surface area contributed by atoms with Crippen molar-refractivity contribution in [1.29, 1.82) is 0 Å². The van der Waals surface area contributed by atoms with E-state index in [1.807, 2.05) is 0 Å². The fourth-order valence-electron chi connectivity index (χ4n) is 4.76. The summed E-state index contributed by atoms with van der Waals surface area (Å²) in [6, 6.07) is 9.07. The number of likely N-dealkylation sites (N-methyl/N-ethyl adjacent to an activating group) is 1. The zero-order chi connectivity index (χ0) is 19.2. The maximum atomic E-state index is 6.23. The van der Waals surface area contributed by atoms with Gasteiger partial charge in [-0.15, -0.1) is 0 Å². The van der Waals surface area contributed by atoms with Crippen LogP contribution in [-0.4, -0.2) is 30.6 Å². The molecule has 1 fully saturated rings. The first-order valence-corrected chi connectivity index (χ1v) is 10.7. The molecule has 0 aliphatic heterocycles. The molecule has 0 amide bonds. The Hall–Kier alpha value is -0.830. The largest absolute Gasteiger partial charge is 0.312 e. The van der Waals surface area contributed by atoms with Crippen molar-refractivity contribution in [1.82, 2.24) is 10.2 Å². The summed E-state index contributed by atoms with van der Waals surface area (Å²) in [5.41, 5.74) is 1.42. The Morgan fingerprint density at radius 3 is 2.50 bits per heavy atom. The van der Waals surface area contributed by atoms with Crippen LogP contribution >= 0.6 is 11.6 Å². The number of nitrogens with zero attached hydrogens (tertiary/aromatic N) is 1. The molecule has 1 N–H and O–H groups in total. The number of nitrogens with one attached hydrogen (secondary N) is 1. The molecule has 1 aliphatic carbocycles. The lowest BCUT2D eigenvalue weighted by Gasteiger charge is -2.56. The summed E-state index contributed by atoms with van der Waals surface area (Å²) in [7, 11) is 0. The van der Waals surface area contributed by atoms with Gasteiger partial charge in [0.15, 0.2) is 0 Å². The van der Waals surface area contributed by atoms with Crippen LogP contribution in [0.2, 0.25) is 5.02 Å².